The van der Waals surface area contributed by atoms with Gasteiger partial charge >= 0.3 is 0 Å². The van der Waals surface area contributed by atoms with Crippen molar-refractivity contribution >= 4 is 33.5 Å². The summed E-state index contributed by atoms with van der Waals surface area (Å²) in [6, 6.07) is 22.5. The number of piperazine rings is 1. The molecular weight excluding hydrogens is 440 g/mol. The summed E-state index contributed by atoms with van der Waals surface area (Å²) in [5.41, 5.74) is 6.05. The van der Waals surface area contributed by atoms with E-state index in [0.29, 0.717) is 6.61 Å². The Morgan fingerprint density at radius 2 is 1.86 bits per heavy atom. The standard InChI is InChI=1S/C27H26N6O2/c1-19(34)31-11-13-32(14-12-31)23-9-10-24-25(16-23)30-27(29-24)21-7-4-5-20(15-21)18-35-33-26-8-3-2-6-22(26)17-28-33/h2-10,15-17H,11-14,18H2,1H3,(H,29,30). The fraction of sp³-hybridized carbons (Fsp3) is 0.222. The molecule has 2 aromatic heterocycles. The van der Waals surface area contributed by atoms with Gasteiger partial charge in [-0.05, 0) is 35.9 Å². The molecule has 0 saturated carbocycles. The van der Waals surface area contributed by atoms with Crippen LogP contribution in [0.2, 0.25) is 0 Å². The molecule has 0 aliphatic carbocycles. The number of nitrogens with zero attached hydrogens (tertiary/aromatic N) is 5. The zero-order valence-electron chi connectivity index (χ0n) is 19.5. The van der Waals surface area contributed by atoms with Crippen LogP contribution in [-0.2, 0) is 11.4 Å². The number of hydrogen-bond acceptors (Lipinski definition) is 5. The number of fused-ring (bicyclic) bond motifs is 2. The van der Waals surface area contributed by atoms with Gasteiger partial charge in [-0.15, -0.1) is 5.10 Å². The van der Waals surface area contributed by atoms with E-state index in [-0.39, 0.29) is 5.91 Å². The highest BCUT2D eigenvalue weighted by Crippen LogP contribution is 2.26. The van der Waals surface area contributed by atoms with Crippen molar-refractivity contribution in [2.75, 3.05) is 31.1 Å². The number of nitrogens with one attached hydrogen (secondary N) is 1. The third-order valence-corrected chi connectivity index (χ3v) is 6.55. The predicted octanol–water partition coefficient (Wildman–Crippen LogP) is 3.88. The van der Waals surface area contributed by atoms with Crippen LogP contribution < -0.4 is 9.74 Å². The van der Waals surface area contributed by atoms with Crippen molar-refractivity contribution in [3.8, 4) is 11.4 Å². The molecule has 3 heterocycles. The maximum atomic E-state index is 11.6. The minimum Gasteiger partial charge on any atom is -0.391 e. The molecule has 35 heavy (non-hydrogen) atoms. The van der Waals surface area contributed by atoms with Gasteiger partial charge < -0.3 is 19.6 Å². The highest BCUT2D eigenvalue weighted by Gasteiger charge is 2.19. The topological polar surface area (TPSA) is 79.3 Å². The van der Waals surface area contributed by atoms with Crippen LogP contribution in [0.15, 0.2) is 72.9 Å². The molecule has 0 atom stereocenters. The first-order valence-electron chi connectivity index (χ1n) is 11.8. The molecular formula is C27H26N6O2. The lowest BCUT2D eigenvalue weighted by Gasteiger charge is -2.35. The number of rotatable bonds is 5. The van der Waals surface area contributed by atoms with E-state index < -0.39 is 0 Å². The van der Waals surface area contributed by atoms with E-state index in [9.17, 15) is 4.79 Å². The van der Waals surface area contributed by atoms with E-state index >= 15 is 0 Å². The highest BCUT2D eigenvalue weighted by molar-refractivity contribution is 5.83. The van der Waals surface area contributed by atoms with Gasteiger partial charge in [0.25, 0.3) is 0 Å². The highest BCUT2D eigenvalue weighted by atomic mass is 16.7. The molecule has 1 saturated heterocycles. The second-order valence-corrected chi connectivity index (χ2v) is 8.83. The van der Waals surface area contributed by atoms with E-state index in [1.807, 2.05) is 47.4 Å². The quantitative estimate of drug-likeness (QED) is 0.425. The number of benzene rings is 3. The van der Waals surface area contributed by atoms with E-state index in [1.165, 1.54) is 0 Å². The maximum Gasteiger partial charge on any atom is 0.219 e. The lowest BCUT2D eigenvalue weighted by atomic mass is 10.1. The first-order chi connectivity index (χ1) is 17.1. The van der Waals surface area contributed by atoms with Crippen LogP contribution in [0.25, 0.3) is 33.3 Å². The molecule has 0 spiro atoms. The summed E-state index contributed by atoms with van der Waals surface area (Å²) in [6.07, 6.45) is 1.80. The maximum absolute atomic E-state index is 11.6. The zero-order valence-corrected chi connectivity index (χ0v) is 19.5. The SMILES string of the molecule is CC(=O)N1CCN(c2ccc3nc(-c4cccc(COn5ncc6ccccc65)c4)[nH]c3c2)CC1. The van der Waals surface area contributed by atoms with Crippen LogP contribution in [0.1, 0.15) is 12.5 Å². The Hall–Kier alpha value is -4.33. The van der Waals surface area contributed by atoms with Crippen molar-refractivity contribution in [2.24, 2.45) is 0 Å². The molecule has 1 N–H and O–H groups in total. The molecule has 0 unspecified atom stereocenters. The first kappa shape index (κ1) is 21.2. The van der Waals surface area contributed by atoms with E-state index in [4.69, 9.17) is 9.82 Å². The van der Waals surface area contributed by atoms with Crippen molar-refractivity contribution in [3.05, 3.63) is 78.5 Å². The summed E-state index contributed by atoms with van der Waals surface area (Å²) >= 11 is 0. The molecule has 1 aliphatic rings. The summed E-state index contributed by atoms with van der Waals surface area (Å²) in [4.78, 5) is 31.6. The van der Waals surface area contributed by atoms with Crippen molar-refractivity contribution in [2.45, 2.75) is 13.5 Å². The summed E-state index contributed by atoms with van der Waals surface area (Å²) in [7, 11) is 0. The average molecular weight is 467 g/mol. The van der Waals surface area contributed by atoms with Gasteiger partial charge in [0.1, 0.15) is 17.9 Å². The summed E-state index contributed by atoms with van der Waals surface area (Å²) in [5.74, 6) is 0.967. The number of carbonyl (C=O) groups is 1. The summed E-state index contributed by atoms with van der Waals surface area (Å²) in [6.45, 7) is 5.21. The largest absolute Gasteiger partial charge is 0.391 e. The van der Waals surface area contributed by atoms with E-state index in [0.717, 1.165) is 70.8 Å². The fourth-order valence-corrected chi connectivity index (χ4v) is 4.61. The van der Waals surface area contributed by atoms with Crippen molar-refractivity contribution in [1.29, 1.82) is 0 Å². The normalized spacial score (nSPS) is 14.1. The van der Waals surface area contributed by atoms with Crippen LogP contribution in [0, 0.1) is 0 Å². The summed E-state index contributed by atoms with van der Waals surface area (Å²) in [5, 5.41) is 5.38. The Bertz CT molecular complexity index is 1510. The monoisotopic (exact) mass is 466 g/mol. The molecule has 8 nitrogen and oxygen atoms in total. The number of anilines is 1. The summed E-state index contributed by atoms with van der Waals surface area (Å²) < 4.78 is 0. The number of para-hydroxylation sites is 1. The van der Waals surface area contributed by atoms with Crippen LogP contribution in [0.3, 0.4) is 0 Å². The van der Waals surface area contributed by atoms with Crippen LogP contribution in [-0.4, -0.2) is 56.9 Å². The molecule has 176 valence electrons. The number of H-pyrrole nitrogens is 1. The number of carbonyl (C=O) groups excluding carboxylic acids is 1. The lowest BCUT2D eigenvalue weighted by Crippen LogP contribution is -2.48. The van der Waals surface area contributed by atoms with Crippen molar-refractivity contribution < 1.29 is 9.63 Å². The Morgan fingerprint density at radius 1 is 1.00 bits per heavy atom. The molecule has 0 radical (unpaired) electrons. The number of aromatic amines is 1. The van der Waals surface area contributed by atoms with Gasteiger partial charge in [0.05, 0.1) is 17.2 Å². The van der Waals surface area contributed by atoms with Gasteiger partial charge in [0.2, 0.25) is 5.91 Å². The molecule has 0 bridgehead atoms. The molecule has 1 aliphatic heterocycles. The Labute approximate surface area is 202 Å². The zero-order chi connectivity index (χ0) is 23.8. The molecule has 5 aromatic rings. The minimum atomic E-state index is 0.143. The molecule has 6 rings (SSSR count). The second-order valence-electron chi connectivity index (χ2n) is 8.83. The fourth-order valence-electron chi connectivity index (χ4n) is 4.61. The van der Waals surface area contributed by atoms with Gasteiger partial charge in [0, 0.05) is 49.7 Å². The van der Waals surface area contributed by atoms with Crippen LogP contribution in [0.4, 0.5) is 5.69 Å². The van der Waals surface area contributed by atoms with Crippen molar-refractivity contribution in [3.63, 3.8) is 0 Å². The smallest absolute Gasteiger partial charge is 0.219 e. The number of amides is 1. The van der Waals surface area contributed by atoms with E-state index in [2.05, 4.69) is 39.2 Å². The third-order valence-electron chi connectivity index (χ3n) is 6.55. The van der Waals surface area contributed by atoms with Gasteiger partial charge in [-0.3, -0.25) is 4.79 Å². The minimum absolute atomic E-state index is 0.143. The first-order valence-corrected chi connectivity index (χ1v) is 11.8. The Morgan fingerprint density at radius 3 is 2.71 bits per heavy atom. The molecule has 1 fully saturated rings. The van der Waals surface area contributed by atoms with Gasteiger partial charge in [0.15, 0.2) is 0 Å². The van der Waals surface area contributed by atoms with Gasteiger partial charge in [-0.1, -0.05) is 41.2 Å². The number of aromatic nitrogens is 4. The Balaban J connectivity index is 1.19. The van der Waals surface area contributed by atoms with Gasteiger partial charge in [-0.2, -0.15) is 0 Å². The number of hydrogen-bond donors (Lipinski definition) is 1. The molecule has 1 amide bonds. The van der Waals surface area contributed by atoms with E-state index in [1.54, 1.807) is 18.0 Å². The number of imidazole rings is 1. The Kier molecular flexibility index (Phi) is 5.33. The average Bonchev–Trinajstić information content (AvgIpc) is 3.51. The molecule has 3 aromatic carbocycles. The molecule has 8 heteroatoms. The van der Waals surface area contributed by atoms with Crippen LogP contribution >= 0.6 is 0 Å². The van der Waals surface area contributed by atoms with Gasteiger partial charge in [-0.25, -0.2) is 4.98 Å². The predicted molar refractivity (Wildman–Crippen MR) is 136 cm³/mol. The van der Waals surface area contributed by atoms with Crippen molar-refractivity contribution in [1.82, 2.24) is 24.8 Å². The lowest BCUT2D eigenvalue weighted by molar-refractivity contribution is -0.129. The van der Waals surface area contributed by atoms with Crippen LogP contribution in [0.5, 0.6) is 0 Å². The third kappa shape index (κ3) is 4.19. The second kappa shape index (κ2) is 8.79.